The summed E-state index contributed by atoms with van der Waals surface area (Å²) >= 11 is 8.37. The lowest BCUT2D eigenvalue weighted by Crippen LogP contribution is -2.25. The molecule has 0 amide bonds. The van der Waals surface area contributed by atoms with Crippen LogP contribution < -0.4 is 0 Å². The van der Waals surface area contributed by atoms with Crippen LogP contribution in [0.25, 0.3) is 0 Å². The van der Waals surface area contributed by atoms with Crippen molar-refractivity contribution < 1.29 is 0 Å². The second-order valence-electron chi connectivity index (χ2n) is 4.29. The third-order valence-electron chi connectivity index (χ3n) is 3.19. The first-order chi connectivity index (χ1) is 7.17. The SMILES string of the molecule is BrCC1(Cn2cnc(I)c2I)CCCC1. The molecule has 0 unspecified atom stereocenters. The first-order valence-corrected chi connectivity index (χ1v) is 8.37. The maximum atomic E-state index is 4.35. The number of aromatic nitrogens is 2. The molecule has 1 aliphatic carbocycles. The normalized spacial score (nSPS) is 19.7. The Morgan fingerprint density at radius 1 is 1.40 bits per heavy atom. The second-order valence-corrected chi connectivity index (χ2v) is 6.90. The van der Waals surface area contributed by atoms with Gasteiger partial charge in [0.25, 0.3) is 0 Å². The van der Waals surface area contributed by atoms with Crippen LogP contribution in [0.5, 0.6) is 0 Å². The fraction of sp³-hybridized carbons (Fsp3) is 0.700. The van der Waals surface area contributed by atoms with E-state index in [0.717, 1.165) is 15.6 Å². The van der Waals surface area contributed by atoms with Crippen LogP contribution in [0.2, 0.25) is 0 Å². The van der Waals surface area contributed by atoms with Gasteiger partial charge < -0.3 is 4.57 Å². The molecule has 1 fully saturated rings. The molecule has 1 saturated carbocycles. The van der Waals surface area contributed by atoms with E-state index in [2.05, 4.69) is 70.7 Å². The van der Waals surface area contributed by atoms with Crippen LogP contribution in [-0.2, 0) is 6.54 Å². The highest BCUT2D eigenvalue weighted by molar-refractivity contribution is 14.1. The Kier molecular flexibility index (Phi) is 4.37. The molecule has 15 heavy (non-hydrogen) atoms. The van der Waals surface area contributed by atoms with Gasteiger partial charge in [0.05, 0.1) is 6.33 Å². The summed E-state index contributed by atoms with van der Waals surface area (Å²) in [6.45, 7) is 1.12. The van der Waals surface area contributed by atoms with Crippen molar-refractivity contribution in [2.45, 2.75) is 32.2 Å². The van der Waals surface area contributed by atoms with E-state index in [9.17, 15) is 0 Å². The summed E-state index contributed by atoms with van der Waals surface area (Å²) in [5, 5.41) is 1.12. The minimum absolute atomic E-state index is 0.476. The fourth-order valence-corrected chi connectivity index (χ4v) is 3.88. The Labute approximate surface area is 126 Å². The molecule has 0 saturated heterocycles. The van der Waals surface area contributed by atoms with Crippen LogP contribution in [0.4, 0.5) is 0 Å². The van der Waals surface area contributed by atoms with E-state index in [1.165, 1.54) is 29.4 Å². The summed E-state index contributed by atoms with van der Waals surface area (Å²) in [7, 11) is 0. The van der Waals surface area contributed by atoms with Crippen molar-refractivity contribution in [3.63, 3.8) is 0 Å². The lowest BCUT2D eigenvalue weighted by molar-refractivity contribution is 0.289. The smallest absolute Gasteiger partial charge is 0.132 e. The molecule has 1 aromatic heterocycles. The van der Waals surface area contributed by atoms with Gasteiger partial charge in [0.15, 0.2) is 0 Å². The molecule has 1 aliphatic rings. The van der Waals surface area contributed by atoms with Crippen molar-refractivity contribution in [3.8, 4) is 0 Å². The topological polar surface area (TPSA) is 17.8 Å². The van der Waals surface area contributed by atoms with Gasteiger partial charge in [-0.2, -0.15) is 0 Å². The maximum Gasteiger partial charge on any atom is 0.132 e. The lowest BCUT2D eigenvalue weighted by Gasteiger charge is -2.27. The molecule has 1 heterocycles. The van der Waals surface area contributed by atoms with Crippen molar-refractivity contribution in [2.24, 2.45) is 5.41 Å². The highest BCUT2D eigenvalue weighted by Crippen LogP contribution is 2.41. The Bertz CT molecular complexity index is 345. The van der Waals surface area contributed by atoms with Gasteiger partial charge in [-0.3, -0.25) is 0 Å². The van der Waals surface area contributed by atoms with E-state index >= 15 is 0 Å². The van der Waals surface area contributed by atoms with Crippen LogP contribution in [0, 0.1) is 12.8 Å². The van der Waals surface area contributed by atoms with Crippen molar-refractivity contribution in [1.82, 2.24) is 9.55 Å². The van der Waals surface area contributed by atoms with Crippen molar-refractivity contribution in [2.75, 3.05) is 5.33 Å². The number of hydrogen-bond acceptors (Lipinski definition) is 1. The molecular weight excluding hydrogens is 482 g/mol. The van der Waals surface area contributed by atoms with Crippen LogP contribution in [0.1, 0.15) is 25.7 Å². The largest absolute Gasteiger partial charge is 0.325 e. The Hall–Kier alpha value is 1.15. The number of nitrogens with zero attached hydrogens (tertiary/aromatic N) is 2. The average Bonchev–Trinajstić information content (AvgIpc) is 2.82. The van der Waals surface area contributed by atoms with Gasteiger partial charge in [-0.1, -0.05) is 28.8 Å². The van der Waals surface area contributed by atoms with Gasteiger partial charge in [0.2, 0.25) is 0 Å². The molecule has 0 radical (unpaired) electrons. The summed E-state index contributed by atoms with van der Waals surface area (Å²) < 4.78 is 4.70. The predicted octanol–water partition coefficient (Wildman–Crippen LogP) is 4.05. The summed E-state index contributed by atoms with van der Waals surface area (Å²) in [6, 6.07) is 0. The number of rotatable bonds is 3. The highest BCUT2D eigenvalue weighted by atomic mass is 127. The maximum absolute atomic E-state index is 4.35. The molecular formula is C10H13BrI2N2. The molecule has 0 atom stereocenters. The molecule has 0 bridgehead atoms. The summed E-state index contributed by atoms with van der Waals surface area (Å²) in [4.78, 5) is 4.35. The number of imidazole rings is 1. The highest BCUT2D eigenvalue weighted by Gasteiger charge is 2.33. The van der Waals surface area contributed by atoms with E-state index < -0.39 is 0 Å². The molecule has 5 heteroatoms. The van der Waals surface area contributed by atoms with E-state index in [0.29, 0.717) is 5.41 Å². The lowest BCUT2D eigenvalue weighted by atomic mass is 9.89. The molecule has 0 aliphatic heterocycles. The molecule has 0 N–H and O–H groups in total. The zero-order valence-corrected chi connectivity index (χ0v) is 14.2. The Balaban J connectivity index is 2.16. The third kappa shape index (κ3) is 2.70. The number of hydrogen-bond donors (Lipinski definition) is 0. The van der Waals surface area contributed by atoms with Gasteiger partial charge in [-0.25, -0.2) is 4.98 Å². The van der Waals surface area contributed by atoms with Gasteiger partial charge in [-0.05, 0) is 63.4 Å². The van der Waals surface area contributed by atoms with Crippen LogP contribution >= 0.6 is 61.1 Å². The van der Waals surface area contributed by atoms with E-state index in [1.807, 2.05) is 6.33 Å². The summed E-state index contributed by atoms with van der Waals surface area (Å²) in [5.74, 6) is 0. The zero-order chi connectivity index (χ0) is 10.9. The van der Waals surface area contributed by atoms with Crippen LogP contribution in [0.15, 0.2) is 6.33 Å². The van der Waals surface area contributed by atoms with Crippen LogP contribution in [0.3, 0.4) is 0 Å². The monoisotopic (exact) mass is 494 g/mol. The van der Waals surface area contributed by atoms with E-state index in [1.54, 1.807) is 0 Å². The van der Waals surface area contributed by atoms with Crippen molar-refractivity contribution in [1.29, 1.82) is 0 Å². The van der Waals surface area contributed by atoms with Gasteiger partial charge in [0, 0.05) is 11.9 Å². The number of halogens is 3. The van der Waals surface area contributed by atoms with Gasteiger partial charge in [-0.15, -0.1) is 0 Å². The van der Waals surface area contributed by atoms with Gasteiger partial charge in [0.1, 0.15) is 7.40 Å². The Morgan fingerprint density at radius 2 is 2.07 bits per heavy atom. The molecule has 0 spiro atoms. The third-order valence-corrected chi connectivity index (χ3v) is 7.33. The quantitative estimate of drug-likeness (QED) is 0.458. The van der Waals surface area contributed by atoms with E-state index in [4.69, 9.17) is 0 Å². The number of alkyl halides is 1. The standard InChI is InChI=1S/C10H13BrI2N2/c11-5-10(3-1-2-4-10)6-15-7-14-8(12)9(15)13/h7H,1-6H2. The average molecular weight is 495 g/mol. The second kappa shape index (κ2) is 5.20. The molecule has 2 nitrogen and oxygen atoms in total. The van der Waals surface area contributed by atoms with Crippen molar-refractivity contribution in [3.05, 3.63) is 13.7 Å². The molecule has 0 aromatic carbocycles. The van der Waals surface area contributed by atoms with Crippen molar-refractivity contribution >= 4 is 61.1 Å². The minimum Gasteiger partial charge on any atom is -0.325 e. The minimum atomic E-state index is 0.476. The Morgan fingerprint density at radius 3 is 2.53 bits per heavy atom. The van der Waals surface area contributed by atoms with Gasteiger partial charge >= 0.3 is 0 Å². The van der Waals surface area contributed by atoms with Crippen LogP contribution in [-0.4, -0.2) is 14.9 Å². The molecule has 1 aromatic rings. The predicted molar refractivity (Wildman–Crippen MR) is 82.4 cm³/mol. The first-order valence-electron chi connectivity index (χ1n) is 5.09. The molecule has 84 valence electrons. The summed E-state index contributed by atoms with van der Waals surface area (Å²) in [6.07, 6.45) is 7.44. The first kappa shape index (κ1) is 12.6. The zero-order valence-electron chi connectivity index (χ0n) is 8.35. The van der Waals surface area contributed by atoms with E-state index in [-0.39, 0.29) is 0 Å². The molecule has 2 rings (SSSR count). The summed E-state index contributed by atoms with van der Waals surface area (Å²) in [5.41, 5.74) is 0.476. The fourth-order valence-electron chi connectivity index (χ4n) is 2.27.